The SMILES string of the molecule is CC(C(=O)C=C(c1cccs1)N1CCCC1)c1ccccc1.O=C(O)/C=C\C(=O)O. The van der Waals surface area contributed by atoms with Crippen LogP contribution in [-0.4, -0.2) is 45.9 Å². The summed E-state index contributed by atoms with van der Waals surface area (Å²) in [7, 11) is 0. The normalized spacial score (nSPS) is 14.8. The maximum absolute atomic E-state index is 12.7. The fourth-order valence-corrected chi connectivity index (χ4v) is 3.78. The van der Waals surface area contributed by atoms with E-state index in [-0.39, 0.29) is 11.7 Å². The van der Waals surface area contributed by atoms with Crippen molar-refractivity contribution in [3.8, 4) is 0 Å². The molecule has 2 heterocycles. The van der Waals surface area contributed by atoms with Gasteiger partial charge in [-0.25, -0.2) is 9.59 Å². The first-order valence-corrected chi connectivity index (χ1v) is 10.5. The largest absolute Gasteiger partial charge is 0.478 e. The second-order valence-corrected chi connectivity index (χ2v) is 7.69. The van der Waals surface area contributed by atoms with E-state index in [1.54, 1.807) is 11.3 Å². The number of aliphatic carboxylic acids is 2. The number of allylic oxidation sites excluding steroid dienone is 1. The van der Waals surface area contributed by atoms with E-state index in [1.807, 2.05) is 43.3 Å². The molecule has 1 aliphatic rings. The van der Waals surface area contributed by atoms with Gasteiger partial charge >= 0.3 is 11.9 Å². The summed E-state index contributed by atoms with van der Waals surface area (Å²) in [5.74, 6) is -2.43. The molecule has 158 valence electrons. The molecule has 1 atom stereocenters. The molecule has 0 bridgehead atoms. The summed E-state index contributed by atoms with van der Waals surface area (Å²) in [6.07, 6.45) is 5.40. The first-order chi connectivity index (χ1) is 14.4. The zero-order chi connectivity index (χ0) is 21.9. The molecule has 1 aromatic carbocycles. The molecule has 0 spiro atoms. The number of thiophene rings is 1. The summed E-state index contributed by atoms with van der Waals surface area (Å²) in [5, 5.41) is 17.7. The number of carbonyl (C=O) groups excluding carboxylic acids is 1. The van der Waals surface area contributed by atoms with Gasteiger partial charge in [-0.2, -0.15) is 0 Å². The number of nitrogens with zero attached hydrogens (tertiary/aromatic N) is 1. The topological polar surface area (TPSA) is 94.9 Å². The van der Waals surface area contributed by atoms with Crippen LogP contribution < -0.4 is 0 Å². The van der Waals surface area contributed by atoms with Gasteiger partial charge in [0, 0.05) is 37.2 Å². The van der Waals surface area contributed by atoms with Crippen molar-refractivity contribution in [1.82, 2.24) is 4.90 Å². The van der Waals surface area contributed by atoms with Gasteiger partial charge in [-0.15, -0.1) is 11.3 Å². The monoisotopic (exact) mass is 427 g/mol. The zero-order valence-electron chi connectivity index (χ0n) is 16.7. The van der Waals surface area contributed by atoms with Gasteiger partial charge in [0.05, 0.1) is 10.6 Å². The summed E-state index contributed by atoms with van der Waals surface area (Å²) >= 11 is 1.71. The van der Waals surface area contributed by atoms with E-state index in [2.05, 4.69) is 22.4 Å². The van der Waals surface area contributed by atoms with E-state index in [9.17, 15) is 14.4 Å². The number of benzene rings is 1. The molecular weight excluding hydrogens is 402 g/mol. The number of ketones is 1. The Kier molecular flexibility index (Phi) is 9.03. The molecule has 2 aromatic rings. The molecule has 2 N–H and O–H groups in total. The highest BCUT2D eigenvalue weighted by Crippen LogP contribution is 2.28. The zero-order valence-corrected chi connectivity index (χ0v) is 17.5. The third kappa shape index (κ3) is 7.33. The van der Waals surface area contributed by atoms with Crippen LogP contribution in [0.1, 0.15) is 36.1 Å². The third-order valence-corrected chi connectivity index (χ3v) is 5.49. The van der Waals surface area contributed by atoms with E-state index in [1.165, 1.54) is 17.7 Å². The first kappa shape index (κ1) is 23.1. The number of carbonyl (C=O) groups is 3. The Morgan fingerprint density at radius 1 is 0.967 bits per heavy atom. The quantitative estimate of drug-likeness (QED) is 0.641. The van der Waals surface area contributed by atoms with Crippen molar-refractivity contribution in [2.45, 2.75) is 25.7 Å². The molecule has 3 rings (SSSR count). The van der Waals surface area contributed by atoms with Gasteiger partial charge in [-0.3, -0.25) is 4.79 Å². The molecule has 7 heteroatoms. The third-order valence-electron chi connectivity index (χ3n) is 4.59. The summed E-state index contributed by atoms with van der Waals surface area (Å²) in [6, 6.07) is 14.2. The summed E-state index contributed by atoms with van der Waals surface area (Å²) in [5.41, 5.74) is 2.18. The molecule has 0 saturated carbocycles. The molecule has 1 aliphatic heterocycles. The standard InChI is InChI=1S/C19H21NOS.C4H4O4/c1-15(16-8-3-2-4-9-16)18(21)14-17(19-10-7-13-22-19)20-11-5-6-12-20;5-3(6)1-2-4(7)8/h2-4,7-10,13-15H,5-6,11-12H2,1H3;1-2H,(H,5,6)(H,7,8)/b;2-1-. The minimum atomic E-state index is -1.26. The highest BCUT2D eigenvalue weighted by molar-refractivity contribution is 7.11. The van der Waals surface area contributed by atoms with Crippen molar-refractivity contribution in [2.24, 2.45) is 0 Å². The number of rotatable bonds is 7. The van der Waals surface area contributed by atoms with E-state index < -0.39 is 11.9 Å². The summed E-state index contributed by atoms with van der Waals surface area (Å²) < 4.78 is 0. The van der Waals surface area contributed by atoms with Crippen LogP contribution in [-0.2, 0) is 14.4 Å². The summed E-state index contributed by atoms with van der Waals surface area (Å²) in [6.45, 7) is 4.09. The van der Waals surface area contributed by atoms with Crippen LogP contribution in [0.25, 0.3) is 5.70 Å². The molecule has 1 aromatic heterocycles. The van der Waals surface area contributed by atoms with Crippen molar-refractivity contribution in [3.05, 3.63) is 76.5 Å². The van der Waals surface area contributed by atoms with E-state index in [4.69, 9.17) is 10.2 Å². The van der Waals surface area contributed by atoms with Gasteiger partial charge < -0.3 is 15.1 Å². The van der Waals surface area contributed by atoms with Crippen LogP contribution in [0, 0.1) is 0 Å². The molecule has 6 nitrogen and oxygen atoms in total. The fraction of sp³-hybridized carbons (Fsp3) is 0.261. The smallest absolute Gasteiger partial charge is 0.328 e. The van der Waals surface area contributed by atoms with E-state index >= 15 is 0 Å². The number of carboxylic acids is 2. The first-order valence-electron chi connectivity index (χ1n) is 9.61. The Morgan fingerprint density at radius 3 is 2.07 bits per heavy atom. The second-order valence-electron chi connectivity index (χ2n) is 6.75. The molecule has 0 radical (unpaired) electrons. The van der Waals surface area contributed by atoms with Crippen LogP contribution in [0.15, 0.2) is 66.1 Å². The number of hydrogen-bond donors (Lipinski definition) is 2. The predicted molar refractivity (Wildman–Crippen MR) is 117 cm³/mol. The minimum absolute atomic E-state index is 0.0984. The Hall–Kier alpha value is -3.19. The maximum atomic E-state index is 12.7. The van der Waals surface area contributed by atoms with Crippen molar-refractivity contribution in [3.63, 3.8) is 0 Å². The Labute approximate surface area is 179 Å². The summed E-state index contributed by atoms with van der Waals surface area (Å²) in [4.78, 5) is 35.4. The second kappa shape index (κ2) is 11.7. The van der Waals surface area contributed by atoms with Gasteiger partial charge in [0.25, 0.3) is 0 Å². The lowest BCUT2D eigenvalue weighted by atomic mass is 9.96. The van der Waals surface area contributed by atoms with Gasteiger partial charge in [-0.1, -0.05) is 43.3 Å². The van der Waals surface area contributed by atoms with Crippen molar-refractivity contribution >= 4 is 34.8 Å². The lowest BCUT2D eigenvalue weighted by molar-refractivity contribution is -0.134. The highest BCUT2D eigenvalue weighted by Gasteiger charge is 2.20. The van der Waals surface area contributed by atoms with Crippen LogP contribution in [0.4, 0.5) is 0 Å². The van der Waals surface area contributed by atoms with Gasteiger partial charge in [-0.05, 0) is 29.9 Å². The van der Waals surface area contributed by atoms with Crippen LogP contribution >= 0.6 is 11.3 Å². The maximum Gasteiger partial charge on any atom is 0.328 e. The molecule has 1 fully saturated rings. The number of likely N-dealkylation sites (tertiary alicyclic amines) is 1. The van der Waals surface area contributed by atoms with Crippen LogP contribution in [0.5, 0.6) is 0 Å². The Bertz CT molecular complexity index is 881. The molecule has 0 aliphatic carbocycles. The van der Waals surface area contributed by atoms with Gasteiger partial charge in [0.2, 0.25) is 0 Å². The van der Waals surface area contributed by atoms with E-state index in [0.29, 0.717) is 12.2 Å². The Morgan fingerprint density at radius 2 is 1.57 bits per heavy atom. The predicted octanol–water partition coefficient (Wildman–Crippen LogP) is 4.27. The van der Waals surface area contributed by atoms with Gasteiger partial charge in [0.1, 0.15) is 0 Å². The van der Waals surface area contributed by atoms with Crippen molar-refractivity contribution in [2.75, 3.05) is 13.1 Å². The van der Waals surface area contributed by atoms with Crippen LogP contribution in [0.3, 0.4) is 0 Å². The molecule has 30 heavy (non-hydrogen) atoms. The highest BCUT2D eigenvalue weighted by atomic mass is 32.1. The fourth-order valence-electron chi connectivity index (χ4n) is 3.01. The molecular formula is C23H25NO5S. The minimum Gasteiger partial charge on any atom is -0.478 e. The number of carboxylic acid groups (broad SMARTS) is 2. The lowest BCUT2D eigenvalue weighted by Crippen LogP contribution is -2.19. The average Bonchev–Trinajstić information content (AvgIpc) is 3.45. The molecule has 1 unspecified atom stereocenters. The van der Waals surface area contributed by atoms with Crippen molar-refractivity contribution in [1.29, 1.82) is 0 Å². The molecule has 0 amide bonds. The Balaban J connectivity index is 0.000000343. The number of hydrogen-bond acceptors (Lipinski definition) is 5. The van der Waals surface area contributed by atoms with E-state index in [0.717, 1.165) is 24.4 Å². The lowest BCUT2D eigenvalue weighted by Gasteiger charge is -2.21. The average molecular weight is 428 g/mol. The van der Waals surface area contributed by atoms with Gasteiger partial charge in [0.15, 0.2) is 5.78 Å². The molecule has 1 saturated heterocycles. The van der Waals surface area contributed by atoms with Crippen molar-refractivity contribution < 1.29 is 24.6 Å². The van der Waals surface area contributed by atoms with Crippen LogP contribution in [0.2, 0.25) is 0 Å².